The first kappa shape index (κ1) is 19.2. The number of imidazole rings is 1. The Morgan fingerprint density at radius 2 is 1.97 bits per heavy atom. The summed E-state index contributed by atoms with van der Waals surface area (Å²) < 4.78 is 8.21. The molecule has 1 N–H and O–H groups in total. The minimum absolute atomic E-state index is 0.0188. The standard InChI is InChI=1S/C21H20N6O4/c1-12(20(29)31-15-9-10-22-23-11-15)3-2-4-16-24-17-18(25-16)26(13-5-6-13)21(30)27(19(17)28)14-7-8-14/h9-14H,3,5-8H2,1H3,(H,24,25). The van der Waals surface area contributed by atoms with Crippen molar-refractivity contribution in [2.24, 2.45) is 5.92 Å². The molecule has 3 aromatic rings. The highest BCUT2D eigenvalue weighted by molar-refractivity contribution is 5.75. The van der Waals surface area contributed by atoms with Crippen LogP contribution in [0.25, 0.3) is 11.2 Å². The van der Waals surface area contributed by atoms with Gasteiger partial charge in [0, 0.05) is 24.6 Å². The molecule has 2 aliphatic rings. The maximum absolute atomic E-state index is 12.9. The number of hydrogen-bond acceptors (Lipinski definition) is 7. The lowest BCUT2D eigenvalue weighted by Crippen LogP contribution is -2.39. The summed E-state index contributed by atoms with van der Waals surface area (Å²) in [5.74, 6) is 5.50. The zero-order valence-electron chi connectivity index (χ0n) is 16.9. The van der Waals surface area contributed by atoms with Crippen molar-refractivity contribution in [2.45, 2.75) is 51.1 Å². The average Bonchev–Trinajstić information content (AvgIpc) is 3.68. The molecule has 3 heterocycles. The van der Waals surface area contributed by atoms with Gasteiger partial charge in [0.1, 0.15) is 0 Å². The van der Waals surface area contributed by atoms with Gasteiger partial charge in [-0.1, -0.05) is 12.8 Å². The molecule has 10 heteroatoms. The number of esters is 1. The first-order valence-corrected chi connectivity index (χ1v) is 10.3. The summed E-state index contributed by atoms with van der Waals surface area (Å²) in [6.07, 6.45) is 6.53. The van der Waals surface area contributed by atoms with E-state index in [0.29, 0.717) is 22.7 Å². The average molecular weight is 420 g/mol. The second-order valence-corrected chi connectivity index (χ2v) is 7.98. The summed E-state index contributed by atoms with van der Waals surface area (Å²) in [6, 6.07) is 1.61. The van der Waals surface area contributed by atoms with E-state index >= 15 is 0 Å². The van der Waals surface area contributed by atoms with Gasteiger partial charge in [0.25, 0.3) is 5.56 Å². The van der Waals surface area contributed by atoms with E-state index in [2.05, 4.69) is 32.0 Å². The van der Waals surface area contributed by atoms with Crippen LogP contribution in [0.1, 0.15) is 56.9 Å². The maximum Gasteiger partial charge on any atom is 0.333 e. The van der Waals surface area contributed by atoms with Gasteiger partial charge in [0.2, 0.25) is 0 Å². The first-order valence-electron chi connectivity index (χ1n) is 10.3. The Balaban J connectivity index is 1.38. The van der Waals surface area contributed by atoms with Crippen LogP contribution in [-0.2, 0) is 4.79 Å². The molecule has 158 valence electrons. The molecule has 0 aromatic carbocycles. The molecule has 10 nitrogen and oxygen atoms in total. The lowest BCUT2D eigenvalue weighted by atomic mass is 10.1. The normalized spacial score (nSPS) is 16.5. The van der Waals surface area contributed by atoms with Crippen molar-refractivity contribution >= 4 is 17.1 Å². The molecular weight excluding hydrogens is 400 g/mol. The fourth-order valence-electron chi connectivity index (χ4n) is 3.40. The molecule has 5 rings (SSSR count). The number of hydrogen-bond donors (Lipinski definition) is 1. The SMILES string of the molecule is CC(CC#Cc1nc2c([nH]1)c(=O)n(C1CC1)c(=O)n2C1CC1)C(=O)Oc1ccnnc1. The van der Waals surface area contributed by atoms with Crippen molar-refractivity contribution < 1.29 is 9.53 Å². The fourth-order valence-corrected chi connectivity index (χ4v) is 3.40. The van der Waals surface area contributed by atoms with E-state index in [4.69, 9.17) is 4.74 Å². The number of H-pyrrole nitrogens is 1. The van der Waals surface area contributed by atoms with E-state index in [-0.39, 0.29) is 29.8 Å². The van der Waals surface area contributed by atoms with Gasteiger partial charge in [0.05, 0.1) is 18.3 Å². The maximum atomic E-state index is 12.9. The fraction of sp³-hybridized carbons (Fsp3) is 0.429. The molecular formula is C21H20N6O4. The molecule has 0 spiro atoms. The van der Waals surface area contributed by atoms with Gasteiger partial charge >= 0.3 is 11.7 Å². The lowest BCUT2D eigenvalue weighted by Gasteiger charge is -2.09. The largest absolute Gasteiger partial charge is 0.425 e. The predicted molar refractivity (Wildman–Crippen MR) is 109 cm³/mol. The van der Waals surface area contributed by atoms with Crippen molar-refractivity contribution in [3.8, 4) is 17.6 Å². The Hall–Kier alpha value is -3.74. The molecule has 31 heavy (non-hydrogen) atoms. The second kappa shape index (κ2) is 7.50. The number of ether oxygens (including phenoxy) is 1. The molecule has 0 saturated heterocycles. The van der Waals surface area contributed by atoms with Crippen molar-refractivity contribution in [3.63, 3.8) is 0 Å². The van der Waals surface area contributed by atoms with Crippen LogP contribution in [0.3, 0.4) is 0 Å². The van der Waals surface area contributed by atoms with Crippen LogP contribution in [0.5, 0.6) is 5.75 Å². The monoisotopic (exact) mass is 420 g/mol. The van der Waals surface area contributed by atoms with Crippen LogP contribution in [0.2, 0.25) is 0 Å². The number of fused-ring (bicyclic) bond motifs is 1. The van der Waals surface area contributed by atoms with Gasteiger partial charge in [-0.15, -0.1) is 0 Å². The lowest BCUT2D eigenvalue weighted by molar-refractivity contribution is -0.138. The molecule has 0 bridgehead atoms. The Kier molecular flexibility index (Phi) is 4.66. The minimum Gasteiger partial charge on any atom is -0.425 e. The van der Waals surface area contributed by atoms with Crippen LogP contribution < -0.4 is 16.0 Å². The summed E-state index contributed by atoms with van der Waals surface area (Å²) in [5, 5.41) is 7.29. The number of rotatable bonds is 5. The van der Waals surface area contributed by atoms with Gasteiger partial charge in [-0.05, 0) is 31.6 Å². The molecule has 0 amide bonds. The van der Waals surface area contributed by atoms with E-state index in [9.17, 15) is 14.4 Å². The Morgan fingerprint density at radius 1 is 1.23 bits per heavy atom. The first-order chi connectivity index (χ1) is 15.0. The van der Waals surface area contributed by atoms with Crippen molar-refractivity contribution in [2.75, 3.05) is 0 Å². The third kappa shape index (κ3) is 3.74. The molecule has 1 atom stereocenters. The molecule has 3 aromatic heterocycles. The third-order valence-corrected chi connectivity index (χ3v) is 5.37. The molecule has 2 fully saturated rings. The summed E-state index contributed by atoms with van der Waals surface area (Å²) in [4.78, 5) is 45.3. The zero-order valence-corrected chi connectivity index (χ0v) is 16.9. The molecule has 0 aliphatic heterocycles. The smallest absolute Gasteiger partial charge is 0.333 e. The number of carbonyl (C=O) groups excluding carboxylic acids is 1. The van der Waals surface area contributed by atoms with Crippen LogP contribution in [0.4, 0.5) is 0 Å². The number of carbonyl (C=O) groups is 1. The highest BCUT2D eigenvalue weighted by Gasteiger charge is 2.34. The number of nitrogens with one attached hydrogen (secondary N) is 1. The molecule has 1 unspecified atom stereocenters. The van der Waals surface area contributed by atoms with Crippen molar-refractivity contribution in [1.29, 1.82) is 0 Å². The van der Waals surface area contributed by atoms with Crippen LogP contribution in [-0.4, -0.2) is 35.3 Å². The van der Waals surface area contributed by atoms with Crippen LogP contribution in [0, 0.1) is 17.8 Å². The zero-order chi connectivity index (χ0) is 21.5. The molecule has 0 radical (unpaired) electrons. The van der Waals surface area contributed by atoms with Crippen molar-refractivity contribution in [3.05, 3.63) is 45.1 Å². The number of aromatic nitrogens is 6. The Bertz CT molecular complexity index is 1340. The summed E-state index contributed by atoms with van der Waals surface area (Å²) in [5.41, 5.74) is 0.0371. The van der Waals surface area contributed by atoms with E-state index in [0.717, 1.165) is 25.7 Å². The van der Waals surface area contributed by atoms with Crippen molar-refractivity contribution in [1.82, 2.24) is 29.3 Å². The Morgan fingerprint density at radius 3 is 2.65 bits per heavy atom. The highest BCUT2D eigenvalue weighted by atomic mass is 16.5. The quantitative estimate of drug-likeness (QED) is 0.488. The predicted octanol–water partition coefficient (Wildman–Crippen LogP) is 1.33. The minimum atomic E-state index is -0.471. The van der Waals surface area contributed by atoms with E-state index in [1.54, 1.807) is 17.6 Å². The van der Waals surface area contributed by atoms with Crippen LogP contribution in [0.15, 0.2) is 28.0 Å². The third-order valence-electron chi connectivity index (χ3n) is 5.37. The van der Waals surface area contributed by atoms with Gasteiger partial charge in [-0.3, -0.25) is 18.7 Å². The van der Waals surface area contributed by atoms with Gasteiger partial charge < -0.3 is 9.72 Å². The van der Waals surface area contributed by atoms with E-state index < -0.39 is 11.9 Å². The van der Waals surface area contributed by atoms with Gasteiger partial charge in [-0.25, -0.2) is 9.78 Å². The topological polar surface area (TPSA) is 125 Å². The second-order valence-electron chi connectivity index (χ2n) is 7.98. The summed E-state index contributed by atoms with van der Waals surface area (Å²) >= 11 is 0. The Labute approximate surface area is 176 Å². The van der Waals surface area contributed by atoms with E-state index in [1.165, 1.54) is 17.0 Å². The van der Waals surface area contributed by atoms with Crippen LogP contribution >= 0.6 is 0 Å². The van der Waals surface area contributed by atoms with Gasteiger partial charge in [-0.2, -0.15) is 10.2 Å². The molecule has 2 aliphatic carbocycles. The van der Waals surface area contributed by atoms with E-state index in [1.807, 2.05) is 0 Å². The summed E-state index contributed by atoms with van der Waals surface area (Å²) in [7, 11) is 0. The molecule has 2 saturated carbocycles. The van der Waals surface area contributed by atoms with Gasteiger partial charge in [0.15, 0.2) is 22.7 Å². The number of nitrogens with zero attached hydrogens (tertiary/aromatic N) is 5. The number of aromatic amines is 1. The summed E-state index contributed by atoms with van der Waals surface area (Å²) in [6.45, 7) is 1.71. The highest BCUT2D eigenvalue weighted by Crippen LogP contribution is 2.36.